The summed E-state index contributed by atoms with van der Waals surface area (Å²) in [6.45, 7) is 2.59. The molecule has 21 heavy (non-hydrogen) atoms. The van der Waals surface area contributed by atoms with Gasteiger partial charge in [-0.05, 0) is 48.7 Å². The van der Waals surface area contributed by atoms with Crippen molar-refractivity contribution in [3.8, 4) is 0 Å². The summed E-state index contributed by atoms with van der Waals surface area (Å²) >= 11 is 3.75. The Balaban J connectivity index is 1.55. The Hall–Kier alpha value is -0.680. The molecule has 2 unspecified atom stereocenters. The number of hydrogen-bond donors (Lipinski definition) is 1. The average Bonchev–Trinajstić information content (AvgIpc) is 3.26. The molecule has 4 heterocycles. The summed E-state index contributed by atoms with van der Waals surface area (Å²) in [5.41, 5.74) is 0. The van der Waals surface area contributed by atoms with Gasteiger partial charge in [0, 0.05) is 28.4 Å². The summed E-state index contributed by atoms with van der Waals surface area (Å²) in [5, 5.41) is 8.39. The minimum atomic E-state index is 0.386. The van der Waals surface area contributed by atoms with Crippen LogP contribution in [-0.4, -0.2) is 30.1 Å². The van der Waals surface area contributed by atoms with Crippen molar-refractivity contribution in [1.29, 1.82) is 0 Å². The standard InChI is InChI=1S/C17H22N2S2/c1-2-9-19-10-8-13(14(19)5-1)18-17(15-6-3-11-20-15)16-7-4-12-21-16/h3-4,6-7,11-14,17-18H,1-2,5,8-10H2. The highest BCUT2D eigenvalue weighted by Crippen LogP contribution is 2.33. The maximum Gasteiger partial charge on any atom is 0.0767 e. The lowest BCUT2D eigenvalue weighted by Gasteiger charge is -2.34. The predicted molar refractivity (Wildman–Crippen MR) is 91.2 cm³/mol. The molecule has 2 atom stereocenters. The molecule has 0 saturated carbocycles. The maximum absolute atomic E-state index is 4.00. The molecule has 2 fully saturated rings. The third-order valence-corrected chi connectivity index (χ3v) is 6.77. The number of rotatable bonds is 4. The highest BCUT2D eigenvalue weighted by Gasteiger charge is 2.36. The third-order valence-electron chi connectivity index (χ3n) is 4.89. The van der Waals surface area contributed by atoms with E-state index >= 15 is 0 Å². The molecule has 1 N–H and O–H groups in total. The molecule has 2 aromatic rings. The van der Waals surface area contributed by atoms with Crippen LogP contribution in [0.5, 0.6) is 0 Å². The van der Waals surface area contributed by atoms with Crippen molar-refractivity contribution in [2.75, 3.05) is 13.1 Å². The summed E-state index contributed by atoms with van der Waals surface area (Å²) in [6.07, 6.45) is 5.47. The Morgan fingerprint density at radius 1 is 1.00 bits per heavy atom. The highest BCUT2D eigenvalue weighted by molar-refractivity contribution is 7.11. The first-order valence-corrected chi connectivity index (χ1v) is 9.74. The number of fused-ring (bicyclic) bond motifs is 1. The zero-order chi connectivity index (χ0) is 14.1. The second-order valence-electron chi connectivity index (χ2n) is 6.12. The molecule has 2 aromatic heterocycles. The van der Waals surface area contributed by atoms with Gasteiger partial charge in [-0.2, -0.15) is 0 Å². The molecule has 0 aromatic carbocycles. The summed E-state index contributed by atoms with van der Waals surface area (Å²) in [5.74, 6) is 0. The fraction of sp³-hybridized carbons (Fsp3) is 0.529. The van der Waals surface area contributed by atoms with E-state index in [0.29, 0.717) is 12.1 Å². The van der Waals surface area contributed by atoms with Crippen molar-refractivity contribution < 1.29 is 0 Å². The number of piperidine rings is 1. The van der Waals surface area contributed by atoms with E-state index in [2.05, 4.69) is 45.2 Å². The van der Waals surface area contributed by atoms with Crippen molar-refractivity contribution in [2.45, 2.75) is 43.8 Å². The molecule has 4 rings (SSSR count). The number of nitrogens with zero attached hydrogens (tertiary/aromatic N) is 1. The summed E-state index contributed by atoms with van der Waals surface area (Å²) in [6, 6.07) is 10.7. The fourth-order valence-electron chi connectivity index (χ4n) is 3.87. The number of thiophene rings is 2. The first-order valence-electron chi connectivity index (χ1n) is 7.99. The summed E-state index contributed by atoms with van der Waals surface area (Å²) < 4.78 is 0. The zero-order valence-corrected chi connectivity index (χ0v) is 13.8. The van der Waals surface area contributed by atoms with Gasteiger partial charge in [-0.15, -0.1) is 22.7 Å². The van der Waals surface area contributed by atoms with E-state index in [4.69, 9.17) is 0 Å². The average molecular weight is 319 g/mol. The molecule has 0 spiro atoms. The quantitative estimate of drug-likeness (QED) is 0.912. The smallest absolute Gasteiger partial charge is 0.0767 e. The van der Waals surface area contributed by atoms with Crippen LogP contribution in [0.15, 0.2) is 35.0 Å². The van der Waals surface area contributed by atoms with Gasteiger partial charge in [0.1, 0.15) is 0 Å². The minimum absolute atomic E-state index is 0.386. The third kappa shape index (κ3) is 2.82. The normalized spacial score (nSPS) is 26.3. The first-order chi connectivity index (χ1) is 10.4. The van der Waals surface area contributed by atoms with Gasteiger partial charge in [-0.1, -0.05) is 18.6 Å². The van der Waals surface area contributed by atoms with Gasteiger partial charge in [0.2, 0.25) is 0 Å². The van der Waals surface area contributed by atoms with Crippen LogP contribution in [0.3, 0.4) is 0 Å². The van der Waals surface area contributed by atoms with Gasteiger partial charge in [0.15, 0.2) is 0 Å². The summed E-state index contributed by atoms with van der Waals surface area (Å²) in [4.78, 5) is 5.61. The van der Waals surface area contributed by atoms with Crippen LogP contribution in [0.25, 0.3) is 0 Å². The van der Waals surface area contributed by atoms with Crippen LogP contribution in [0, 0.1) is 0 Å². The molecule has 2 aliphatic rings. The van der Waals surface area contributed by atoms with Crippen LogP contribution >= 0.6 is 22.7 Å². The molecule has 0 aliphatic carbocycles. The summed E-state index contributed by atoms with van der Waals surface area (Å²) in [7, 11) is 0. The molecule has 2 aliphatic heterocycles. The molecule has 0 radical (unpaired) electrons. The van der Waals surface area contributed by atoms with Crippen molar-refractivity contribution in [3.63, 3.8) is 0 Å². The van der Waals surface area contributed by atoms with Crippen LogP contribution < -0.4 is 5.32 Å². The van der Waals surface area contributed by atoms with Crippen molar-refractivity contribution in [1.82, 2.24) is 10.2 Å². The fourth-order valence-corrected chi connectivity index (χ4v) is 5.55. The van der Waals surface area contributed by atoms with Crippen LogP contribution in [0.2, 0.25) is 0 Å². The second kappa shape index (κ2) is 6.21. The lowest BCUT2D eigenvalue weighted by molar-refractivity contribution is 0.178. The number of hydrogen-bond acceptors (Lipinski definition) is 4. The van der Waals surface area contributed by atoms with E-state index in [9.17, 15) is 0 Å². The zero-order valence-electron chi connectivity index (χ0n) is 12.2. The van der Waals surface area contributed by atoms with Crippen molar-refractivity contribution >= 4 is 22.7 Å². The van der Waals surface area contributed by atoms with Gasteiger partial charge >= 0.3 is 0 Å². The Morgan fingerprint density at radius 2 is 1.76 bits per heavy atom. The van der Waals surface area contributed by atoms with Gasteiger partial charge < -0.3 is 5.32 Å². The molecule has 2 nitrogen and oxygen atoms in total. The van der Waals surface area contributed by atoms with Gasteiger partial charge in [0.05, 0.1) is 6.04 Å². The first kappa shape index (κ1) is 13.9. The van der Waals surface area contributed by atoms with Crippen LogP contribution in [0.4, 0.5) is 0 Å². The Bertz CT molecular complexity index is 515. The Kier molecular flexibility index (Phi) is 4.12. The minimum Gasteiger partial charge on any atom is -0.301 e. The van der Waals surface area contributed by atoms with E-state index in [1.165, 1.54) is 48.5 Å². The number of nitrogens with one attached hydrogen (secondary N) is 1. The van der Waals surface area contributed by atoms with Crippen LogP contribution in [0.1, 0.15) is 41.5 Å². The Morgan fingerprint density at radius 3 is 2.43 bits per heavy atom. The van der Waals surface area contributed by atoms with E-state index in [-0.39, 0.29) is 0 Å². The lowest BCUT2D eigenvalue weighted by Crippen LogP contribution is -2.45. The SMILES string of the molecule is c1csc(C(NC2CCN3CCCCC23)c2cccs2)c1. The van der Waals surface area contributed by atoms with E-state index in [1.54, 1.807) is 0 Å². The van der Waals surface area contributed by atoms with Crippen molar-refractivity contribution in [3.05, 3.63) is 44.8 Å². The van der Waals surface area contributed by atoms with Crippen molar-refractivity contribution in [2.24, 2.45) is 0 Å². The van der Waals surface area contributed by atoms with Gasteiger partial charge in [-0.25, -0.2) is 0 Å². The van der Waals surface area contributed by atoms with Gasteiger partial charge in [-0.3, -0.25) is 4.90 Å². The lowest BCUT2D eigenvalue weighted by atomic mass is 9.98. The molecule has 2 saturated heterocycles. The second-order valence-corrected chi connectivity index (χ2v) is 8.08. The highest BCUT2D eigenvalue weighted by atomic mass is 32.1. The molecule has 112 valence electrons. The van der Waals surface area contributed by atoms with Gasteiger partial charge in [0.25, 0.3) is 0 Å². The monoisotopic (exact) mass is 318 g/mol. The molecule has 0 bridgehead atoms. The predicted octanol–water partition coefficient (Wildman–Crippen LogP) is 4.12. The Labute approximate surface area is 134 Å². The largest absolute Gasteiger partial charge is 0.301 e. The maximum atomic E-state index is 4.00. The molecular formula is C17H22N2S2. The molecule has 0 amide bonds. The molecule has 4 heteroatoms. The van der Waals surface area contributed by atoms with Crippen LogP contribution in [-0.2, 0) is 0 Å². The topological polar surface area (TPSA) is 15.3 Å². The van der Waals surface area contributed by atoms with E-state index in [1.807, 2.05) is 22.7 Å². The van der Waals surface area contributed by atoms with E-state index in [0.717, 1.165) is 6.04 Å². The van der Waals surface area contributed by atoms with E-state index < -0.39 is 0 Å². The molecular weight excluding hydrogens is 296 g/mol.